The van der Waals surface area contributed by atoms with Gasteiger partial charge in [-0.05, 0) is 26.2 Å². The Morgan fingerprint density at radius 2 is 2.30 bits per heavy atom. The smallest absolute Gasteiger partial charge is 0.321 e. The van der Waals surface area contributed by atoms with Crippen molar-refractivity contribution in [2.75, 3.05) is 6.61 Å². The molecule has 1 heterocycles. The molecule has 0 aliphatic carbocycles. The Bertz CT molecular complexity index is 143. The minimum absolute atomic E-state index is 0.173. The second-order valence-corrected chi connectivity index (χ2v) is 3.85. The quantitative estimate of drug-likeness (QED) is 0.428. The topological polar surface area (TPSA) is 26.3 Å². The molecule has 2 nitrogen and oxygen atoms in total. The summed E-state index contributed by atoms with van der Waals surface area (Å²) in [4.78, 5) is 11.0. The average Bonchev–Trinajstić information content (AvgIpc) is 1.96. The van der Waals surface area contributed by atoms with Gasteiger partial charge in [0.15, 0.2) is 0 Å². The van der Waals surface area contributed by atoms with Gasteiger partial charge in [0, 0.05) is 0 Å². The highest BCUT2D eigenvalue weighted by molar-refractivity contribution is 7.82. The highest BCUT2D eigenvalue weighted by Gasteiger charge is 2.31. The van der Waals surface area contributed by atoms with Gasteiger partial charge in [-0.15, -0.1) is 0 Å². The molecule has 0 amide bonds. The summed E-state index contributed by atoms with van der Waals surface area (Å²) in [5.74, 6) is -0.173. The van der Waals surface area contributed by atoms with Gasteiger partial charge in [0.25, 0.3) is 0 Å². The maximum atomic E-state index is 11.0. The molecule has 1 rings (SSSR count). The van der Waals surface area contributed by atoms with E-state index in [0.717, 1.165) is 19.3 Å². The molecule has 1 saturated heterocycles. The van der Waals surface area contributed by atoms with E-state index >= 15 is 0 Å². The lowest BCUT2D eigenvalue weighted by molar-refractivity contribution is -0.145. The summed E-state index contributed by atoms with van der Waals surface area (Å²) >= 11 is 4.21. The first-order valence-electron chi connectivity index (χ1n) is 3.52. The van der Waals surface area contributed by atoms with E-state index < -0.39 is 4.75 Å². The molecule has 1 aliphatic rings. The molecular weight excluding hydrogens is 148 g/mol. The molecule has 0 aromatic carbocycles. The third kappa shape index (κ3) is 1.66. The van der Waals surface area contributed by atoms with Crippen LogP contribution in [0.5, 0.6) is 0 Å². The Morgan fingerprint density at radius 1 is 1.60 bits per heavy atom. The van der Waals surface area contributed by atoms with Crippen molar-refractivity contribution in [2.24, 2.45) is 0 Å². The van der Waals surface area contributed by atoms with Crippen molar-refractivity contribution in [1.29, 1.82) is 0 Å². The predicted molar refractivity (Wildman–Crippen MR) is 42.2 cm³/mol. The van der Waals surface area contributed by atoms with E-state index in [4.69, 9.17) is 4.74 Å². The van der Waals surface area contributed by atoms with E-state index in [1.165, 1.54) is 0 Å². The van der Waals surface area contributed by atoms with Crippen molar-refractivity contribution < 1.29 is 9.53 Å². The Kier molecular flexibility index (Phi) is 2.24. The average molecular weight is 160 g/mol. The van der Waals surface area contributed by atoms with Crippen molar-refractivity contribution in [1.82, 2.24) is 0 Å². The summed E-state index contributed by atoms with van der Waals surface area (Å²) in [5.41, 5.74) is 0. The Labute approximate surface area is 66.4 Å². The van der Waals surface area contributed by atoms with Crippen molar-refractivity contribution in [2.45, 2.75) is 30.9 Å². The molecule has 10 heavy (non-hydrogen) atoms. The van der Waals surface area contributed by atoms with Gasteiger partial charge in [-0.25, -0.2) is 0 Å². The van der Waals surface area contributed by atoms with Crippen LogP contribution in [-0.4, -0.2) is 17.3 Å². The summed E-state index contributed by atoms with van der Waals surface area (Å²) in [6.07, 6.45) is 2.84. The van der Waals surface area contributed by atoms with Gasteiger partial charge >= 0.3 is 5.97 Å². The normalized spacial score (nSPS) is 34.8. The van der Waals surface area contributed by atoms with Gasteiger partial charge in [-0.3, -0.25) is 4.79 Å². The van der Waals surface area contributed by atoms with E-state index in [1.807, 2.05) is 6.92 Å². The fourth-order valence-electron chi connectivity index (χ4n) is 0.994. The fraction of sp³-hybridized carbons (Fsp3) is 0.857. The van der Waals surface area contributed by atoms with Gasteiger partial charge in [-0.2, -0.15) is 12.6 Å². The number of cyclic esters (lactones) is 1. The highest BCUT2D eigenvalue weighted by atomic mass is 32.1. The molecule has 0 N–H and O–H groups in total. The summed E-state index contributed by atoms with van der Waals surface area (Å²) in [5, 5.41) is 0. The summed E-state index contributed by atoms with van der Waals surface area (Å²) in [6, 6.07) is 0. The predicted octanol–water partition coefficient (Wildman–Crippen LogP) is 1.40. The van der Waals surface area contributed by atoms with Crippen LogP contribution in [0.2, 0.25) is 0 Å². The van der Waals surface area contributed by atoms with Crippen LogP contribution in [0.1, 0.15) is 26.2 Å². The number of ether oxygens (including phenoxy) is 1. The van der Waals surface area contributed by atoms with Crippen LogP contribution in [-0.2, 0) is 9.53 Å². The van der Waals surface area contributed by atoms with Crippen molar-refractivity contribution in [3.8, 4) is 0 Å². The van der Waals surface area contributed by atoms with E-state index in [0.29, 0.717) is 6.61 Å². The molecule has 3 heteroatoms. The van der Waals surface area contributed by atoms with Crippen LogP contribution in [0, 0.1) is 0 Å². The van der Waals surface area contributed by atoms with E-state index in [9.17, 15) is 4.79 Å². The molecule has 0 saturated carbocycles. The van der Waals surface area contributed by atoms with Crippen molar-refractivity contribution in [3.05, 3.63) is 0 Å². The molecule has 1 unspecified atom stereocenters. The Hall–Kier alpha value is -0.180. The van der Waals surface area contributed by atoms with Crippen molar-refractivity contribution in [3.63, 3.8) is 0 Å². The van der Waals surface area contributed by atoms with Crippen LogP contribution < -0.4 is 0 Å². The zero-order valence-electron chi connectivity index (χ0n) is 6.09. The summed E-state index contributed by atoms with van der Waals surface area (Å²) in [7, 11) is 0. The zero-order valence-corrected chi connectivity index (χ0v) is 6.99. The number of carbonyl (C=O) groups excluding carboxylic acids is 1. The van der Waals surface area contributed by atoms with Crippen LogP contribution in [0.15, 0.2) is 0 Å². The largest absolute Gasteiger partial charge is 0.465 e. The van der Waals surface area contributed by atoms with Gasteiger partial charge in [-0.1, -0.05) is 0 Å². The van der Waals surface area contributed by atoms with E-state index in [2.05, 4.69) is 12.6 Å². The van der Waals surface area contributed by atoms with E-state index in [-0.39, 0.29) is 5.97 Å². The Balaban J connectivity index is 2.61. The number of hydrogen-bond donors (Lipinski definition) is 1. The number of carbonyl (C=O) groups is 1. The van der Waals surface area contributed by atoms with Crippen LogP contribution in [0.3, 0.4) is 0 Å². The molecule has 0 radical (unpaired) electrons. The third-order valence-electron chi connectivity index (χ3n) is 1.73. The minimum Gasteiger partial charge on any atom is -0.465 e. The van der Waals surface area contributed by atoms with E-state index in [1.54, 1.807) is 0 Å². The first-order valence-corrected chi connectivity index (χ1v) is 3.97. The second kappa shape index (κ2) is 2.82. The van der Waals surface area contributed by atoms with Gasteiger partial charge < -0.3 is 4.74 Å². The highest BCUT2D eigenvalue weighted by Crippen LogP contribution is 2.25. The third-order valence-corrected chi connectivity index (χ3v) is 2.14. The summed E-state index contributed by atoms with van der Waals surface area (Å²) in [6.45, 7) is 2.37. The summed E-state index contributed by atoms with van der Waals surface area (Å²) < 4.78 is 4.36. The van der Waals surface area contributed by atoms with Gasteiger partial charge in [0.2, 0.25) is 0 Å². The first kappa shape index (κ1) is 7.92. The molecule has 0 spiro atoms. The molecule has 58 valence electrons. The molecule has 0 aromatic heterocycles. The minimum atomic E-state index is -0.545. The molecule has 0 bridgehead atoms. The maximum Gasteiger partial charge on any atom is 0.321 e. The molecule has 0 aromatic rings. The SMILES string of the molecule is CC1(S)CCCCOC1=O. The number of esters is 1. The van der Waals surface area contributed by atoms with Gasteiger partial charge in [0.05, 0.1) is 6.61 Å². The van der Waals surface area contributed by atoms with Crippen LogP contribution in [0.25, 0.3) is 0 Å². The lowest BCUT2D eigenvalue weighted by Crippen LogP contribution is -2.29. The lowest BCUT2D eigenvalue weighted by Gasteiger charge is -2.16. The monoisotopic (exact) mass is 160 g/mol. The van der Waals surface area contributed by atoms with Crippen molar-refractivity contribution >= 4 is 18.6 Å². The second-order valence-electron chi connectivity index (χ2n) is 2.87. The number of hydrogen-bond acceptors (Lipinski definition) is 3. The number of rotatable bonds is 0. The Morgan fingerprint density at radius 3 is 3.00 bits per heavy atom. The molecular formula is C7H12O2S. The number of thiol groups is 1. The standard InChI is InChI=1S/C7H12O2S/c1-7(10)4-2-3-5-9-6(7)8/h10H,2-5H2,1H3. The molecule has 1 aliphatic heterocycles. The van der Waals surface area contributed by atoms with Gasteiger partial charge in [0.1, 0.15) is 4.75 Å². The lowest BCUT2D eigenvalue weighted by atomic mass is 10.1. The zero-order chi connectivity index (χ0) is 7.61. The molecule has 1 fully saturated rings. The van der Waals surface area contributed by atoms with Crippen LogP contribution in [0.4, 0.5) is 0 Å². The maximum absolute atomic E-state index is 11.0. The first-order chi connectivity index (χ1) is 4.63. The molecule has 1 atom stereocenters. The fourth-order valence-corrected chi connectivity index (χ4v) is 1.22. The van der Waals surface area contributed by atoms with Crippen LogP contribution >= 0.6 is 12.6 Å².